The Morgan fingerprint density at radius 3 is 2.72 bits per heavy atom. The average Bonchev–Trinajstić information content (AvgIpc) is 3.04. The highest BCUT2D eigenvalue weighted by atomic mass is 15.3. The van der Waals surface area contributed by atoms with Gasteiger partial charge in [-0.2, -0.15) is 0 Å². The third-order valence-corrected chi connectivity index (χ3v) is 5.94. The van der Waals surface area contributed by atoms with Gasteiger partial charge < -0.3 is 10.2 Å². The number of rotatable bonds is 1. The predicted molar refractivity (Wildman–Crippen MR) is 73.7 cm³/mol. The van der Waals surface area contributed by atoms with E-state index in [-0.39, 0.29) is 0 Å². The van der Waals surface area contributed by atoms with Crippen LogP contribution >= 0.6 is 0 Å². The highest BCUT2D eigenvalue weighted by molar-refractivity contribution is 4.97. The van der Waals surface area contributed by atoms with E-state index in [0.717, 1.165) is 24.0 Å². The minimum atomic E-state index is 0.820. The molecule has 4 rings (SSSR count). The zero-order valence-corrected chi connectivity index (χ0v) is 11.5. The summed E-state index contributed by atoms with van der Waals surface area (Å²) in [6.07, 6.45) is 8.67. The van der Waals surface area contributed by atoms with Crippen molar-refractivity contribution in [2.75, 3.05) is 32.7 Å². The first-order chi connectivity index (χ1) is 8.90. The average molecular weight is 249 g/mol. The zero-order valence-electron chi connectivity index (χ0n) is 11.5. The van der Waals surface area contributed by atoms with Crippen molar-refractivity contribution >= 4 is 0 Å². The Kier molecular flexibility index (Phi) is 3.10. The Morgan fingerprint density at radius 2 is 1.78 bits per heavy atom. The van der Waals surface area contributed by atoms with Gasteiger partial charge in [0, 0.05) is 31.2 Å². The second-order valence-corrected chi connectivity index (χ2v) is 6.93. The lowest BCUT2D eigenvalue weighted by Gasteiger charge is -2.39. The molecule has 4 saturated heterocycles. The maximum absolute atomic E-state index is 3.74. The summed E-state index contributed by atoms with van der Waals surface area (Å²) in [6, 6.07) is 2.65. The van der Waals surface area contributed by atoms with Crippen LogP contribution in [0.25, 0.3) is 0 Å². The largest absolute Gasteiger partial charge is 0.312 e. The lowest BCUT2D eigenvalue weighted by atomic mass is 9.94. The van der Waals surface area contributed by atoms with Gasteiger partial charge in [-0.1, -0.05) is 0 Å². The second kappa shape index (κ2) is 4.77. The Morgan fingerprint density at radius 1 is 0.833 bits per heavy atom. The number of nitrogens with one attached hydrogen (secondary N) is 1. The molecule has 102 valence electrons. The quantitative estimate of drug-likeness (QED) is 0.755. The molecule has 0 aromatic heterocycles. The van der Waals surface area contributed by atoms with E-state index in [2.05, 4.69) is 15.1 Å². The second-order valence-electron chi connectivity index (χ2n) is 6.93. The van der Waals surface area contributed by atoms with Crippen molar-refractivity contribution in [3.63, 3.8) is 0 Å². The minimum absolute atomic E-state index is 0.820. The normalized spacial score (nSPS) is 46.0. The number of nitrogens with zero attached hydrogens (tertiary/aromatic N) is 2. The van der Waals surface area contributed by atoms with Crippen molar-refractivity contribution in [3.8, 4) is 0 Å². The van der Waals surface area contributed by atoms with Crippen molar-refractivity contribution in [1.82, 2.24) is 15.1 Å². The summed E-state index contributed by atoms with van der Waals surface area (Å²) in [6.45, 7) is 6.73. The first kappa shape index (κ1) is 11.7. The van der Waals surface area contributed by atoms with E-state index >= 15 is 0 Å². The van der Waals surface area contributed by atoms with E-state index in [1.54, 1.807) is 0 Å². The number of hydrogen-bond acceptors (Lipinski definition) is 3. The lowest BCUT2D eigenvalue weighted by Crippen LogP contribution is -2.47. The molecule has 3 nitrogen and oxygen atoms in total. The highest BCUT2D eigenvalue weighted by Gasteiger charge is 2.40. The highest BCUT2D eigenvalue weighted by Crippen LogP contribution is 2.33. The van der Waals surface area contributed by atoms with Gasteiger partial charge >= 0.3 is 0 Å². The Hall–Kier alpha value is -0.120. The fourth-order valence-corrected chi connectivity index (χ4v) is 4.91. The fraction of sp³-hybridized carbons (Fsp3) is 1.00. The summed E-state index contributed by atoms with van der Waals surface area (Å²) in [7, 11) is 0. The molecule has 1 N–H and O–H groups in total. The number of likely N-dealkylation sites (tertiary alicyclic amines) is 1. The molecule has 3 heteroatoms. The Balaban J connectivity index is 1.39. The standard InChI is InChI=1S/C15H27N3/c1-3-12-10-18(11-15(12)16-6-1)14-5-8-17-7-2-4-13(17)9-14/h12-16H,1-11H2. The molecule has 0 aliphatic carbocycles. The summed E-state index contributed by atoms with van der Waals surface area (Å²) in [4.78, 5) is 5.58. The molecule has 0 aromatic carbocycles. The third-order valence-electron chi connectivity index (χ3n) is 5.94. The maximum Gasteiger partial charge on any atom is 0.0235 e. The molecule has 0 aromatic rings. The third kappa shape index (κ3) is 2.00. The van der Waals surface area contributed by atoms with Gasteiger partial charge in [-0.05, 0) is 64.1 Å². The fourth-order valence-electron chi connectivity index (χ4n) is 4.91. The summed E-state index contributed by atoms with van der Waals surface area (Å²) in [5.41, 5.74) is 0. The predicted octanol–water partition coefficient (Wildman–Crippen LogP) is 1.30. The summed E-state index contributed by atoms with van der Waals surface area (Å²) in [5, 5.41) is 3.74. The van der Waals surface area contributed by atoms with Crippen LogP contribution in [0.2, 0.25) is 0 Å². The molecule has 4 aliphatic rings. The molecule has 4 fully saturated rings. The van der Waals surface area contributed by atoms with Gasteiger partial charge in [-0.25, -0.2) is 0 Å². The molecule has 0 spiro atoms. The molecule has 4 heterocycles. The SMILES string of the molecule is C1CNC2CN(C3CCN4CCCC4C3)CC2C1. The molecule has 4 aliphatic heterocycles. The molecule has 0 bridgehead atoms. The van der Waals surface area contributed by atoms with Crippen molar-refractivity contribution in [3.05, 3.63) is 0 Å². The van der Waals surface area contributed by atoms with Crippen LogP contribution in [0.5, 0.6) is 0 Å². The van der Waals surface area contributed by atoms with E-state index in [0.29, 0.717) is 0 Å². The maximum atomic E-state index is 3.74. The van der Waals surface area contributed by atoms with Gasteiger partial charge in [-0.3, -0.25) is 4.90 Å². The van der Waals surface area contributed by atoms with Gasteiger partial charge in [0.2, 0.25) is 0 Å². The van der Waals surface area contributed by atoms with Crippen LogP contribution in [0.1, 0.15) is 38.5 Å². The molecule has 4 atom stereocenters. The summed E-state index contributed by atoms with van der Waals surface area (Å²) in [5.74, 6) is 0.959. The Bertz CT molecular complexity index is 292. The lowest BCUT2D eigenvalue weighted by molar-refractivity contribution is 0.100. The first-order valence-corrected chi connectivity index (χ1v) is 8.11. The first-order valence-electron chi connectivity index (χ1n) is 8.11. The monoisotopic (exact) mass is 249 g/mol. The smallest absolute Gasteiger partial charge is 0.0235 e. The molecule has 18 heavy (non-hydrogen) atoms. The van der Waals surface area contributed by atoms with Crippen molar-refractivity contribution in [2.45, 2.75) is 56.7 Å². The van der Waals surface area contributed by atoms with Crippen molar-refractivity contribution in [2.24, 2.45) is 5.92 Å². The van der Waals surface area contributed by atoms with Crippen LogP contribution in [0, 0.1) is 5.92 Å². The number of piperidine rings is 2. The van der Waals surface area contributed by atoms with E-state index in [1.165, 1.54) is 71.2 Å². The number of hydrogen-bond donors (Lipinski definition) is 1. The minimum Gasteiger partial charge on any atom is -0.312 e. The van der Waals surface area contributed by atoms with E-state index in [9.17, 15) is 0 Å². The molecule has 0 saturated carbocycles. The van der Waals surface area contributed by atoms with Crippen LogP contribution in [0.4, 0.5) is 0 Å². The number of fused-ring (bicyclic) bond motifs is 2. The molecular weight excluding hydrogens is 222 g/mol. The summed E-state index contributed by atoms with van der Waals surface area (Å²) < 4.78 is 0. The topological polar surface area (TPSA) is 18.5 Å². The van der Waals surface area contributed by atoms with Gasteiger partial charge in [0.05, 0.1) is 0 Å². The van der Waals surface area contributed by atoms with Crippen LogP contribution in [0.3, 0.4) is 0 Å². The van der Waals surface area contributed by atoms with Gasteiger partial charge in [0.15, 0.2) is 0 Å². The van der Waals surface area contributed by atoms with Crippen LogP contribution in [0.15, 0.2) is 0 Å². The van der Waals surface area contributed by atoms with E-state index in [1.807, 2.05) is 0 Å². The van der Waals surface area contributed by atoms with Gasteiger partial charge in [-0.15, -0.1) is 0 Å². The van der Waals surface area contributed by atoms with Crippen molar-refractivity contribution in [1.29, 1.82) is 0 Å². The van der Waals surface area contributed by atoms with Gasteiger partial charge in [0.25, 0.3) is 0 Å². The molecule has 0 amide bonds. The zero-order chi connectivity index (χ0) is 11.9. The molecule has 0 radical (unpaired) electrons. The van der Waals surface area contributed by atoms with Crippen LogP contribution in [-0.2, 0) is 0 Å². The van der Waals surface area contributed by atoms with Crippen LogP contribution in [-0.4, -0.2) is 60.6 Å². The van der Waals surface area contributed by atoms with Gasteiger partial charge in [0.1, 0.15) is 0 Å². The molecular formula is C15H27N3. The van der Waals surface area contributed by atoms with Crippen LogP contribution < -0.4 is 5.32 Å². The summed E-state index contributed by atoms with van der Waals surface area (Å²) >= 11 is 0. The molecule has 4 unspecified atom stereocenters. The Labute approximate surface area is 111 Å². The van der Waals surface area contributed by atoms with Crippen molar-refractivity contribution < 1.29 is 0 Å². The van der Waals surface area contributed by atoms with E-state index < -0.39 is 0 Å². The van der Waals surface area contributed by atoms with E-state index in [4.69, 9.17) is 0 Å².